The van der Waals surface area contributed by atoms with Crippen LogP contribution in [-0.2, 0) is 0 Å². The van der Waals surface area contributed by atoms with Crippen LogP contribution in [0.3, 0.4) is 0 Å². The molecule has 0 unspecified atom stereocenters. The van der Waals surface area contributed by atoms with Crippen LogP contribution in [0.4, 0.5) is 0 Å². The van der Waals surface area contributed by atoms with Gasteiger partial charge in [-0.25, -0.2) is 4.98 Å². The molecular formula is C23H25N3O3. The molecule has 0 N–H and O–H groups in total. The number of hydrogen-bond donors (Lipinski definition) is 0. The van der Waals surface area contributed by atoms with Crippen molar-refractivity contribution in [1.29, 1.82) is 0 Å². The highest BCUT2D eigenvalue weighted by Gasteiger charge is 2.26. The van der Waals surface area contributed by atoms with E-state index in [-0.39, 0.29) is 11.8 Å². The molecule has 0 spiro atoms. The first kappa shape index (κ1) is 19.2. The van der Waals surface area contributed by atoms with Crippen molar-refractivity contribution >= 4 is 22.9 Å². The van der Waals surface area contributed by atoms with Gasteiger partial charge in [0.2, 0.25) is 0 Å². The zero-order chi connectivity index (χ0) is 20.5. The highest BCUT2D eigenvalue weighted by Crippen LogP contribution is 2.19. The largest absolute Gasteiger partial charge is 0.441 e. The van der Waals surface area contributed by atoms with Crippen LogP contribution in [0.25, 0.3) is 11.1 Å². The van der Waals surface area contributed by atoms with Crippen LogP contribution in [0.1, 0.15) is 51.9 Å². The van der Waals surface area contributed by atoms with Gasteiger partial charge in [-0.1, -0.05) is 26.0 Å². The molecule has 2 aromatic carbocycles. The van der Waals surface area contributed by atoms with Crippen molar-refractivity contribution in [2.45, 2.75) is 26.7 Å². The summed E-state index contributed by atoms with van der Waals surface area (Å²) >= 11 is 0. The number of piperazine rings is 1. The van der Waals surface area contributed by atoms with Crippen LogP contribution in [0, 0.1) is 6.92 Å². The first-order valence-electron chi connectivity index (χ1n) is 9.98. The normalized spacial score (nSPS) is 14.6. The molecule has 150 valence electrons. The molecule has 29 heavy (non-hydrogen) atoms. The molecule has 1 aromatic heterocycles. The number of nitrogens with zero attached hydrogens (tertiary/aromatic N) is 3. The van der Waals surface area contributed by atoms with Crippen molar-refractivity contribution in [1.82, 2.24) is 14.8 Å². The van der Waals surface area contributed by atoms with Gasteiger partial charge in [0, 0.05) is 44.2 Å². The molecule has 1 fully saturated rings. The van der Waals surface area contributed by atoms with Crippen molar-refractivity contribution < 1.29 is 14.0 Å². The molecule has 3 aromatic rings. The number of carbonyl (C=O) groups excluding carboxylic acids is 2. The first-order chi connectivity index (χ1) is 13.9. The summed E-state index contributed by atoms with van der Waals surface area (Å²) < 4.78 is 5.47. The molecule has 0 saturated carbocycles. The molecule has 6 heteroatoms. The minimum Gasteiger partial charge on any atom is -0.441 e. The van der Waals surface area contributed by atoms with Crippen molar-refractivity contribution in [2.75, 3.05) is 26.2 Å². The second-order valence-electron chi connectivity index (χ2n) is 7.78. The van der Waals surface area contributed by atoms with E-state index in [4.69, 9.17) is 4.42 Å². The quantitative estimate of drug-likeness (QED) is 0.680. The van der Waals surface area contributed by atoms with Crippen molar-refractivity contribution in [3.8, 4) is 0 Å². The molecule has 2 amide bonds. The Labute approximate surface area is 170 Å². The van der Waals surface area contributed by atoms with Crippen molar-refractivity contribution in [3.05, 3.63) is 65.0 Å². The van der Waals surface area contributed by atoms with E-state index >= 15 is 0 Å². The Balaban J connectivity index is 1.40. The average Bonchev–Trinajstić information content (AvgIpc) is 3.12. The molecule has 4 rings (SSSR count). The lowest BCUT2D eigenvalue weighted by Gasteiger charge is -2.35. The molecular weight excluding hydrogens is 366 g/mol. The second-order valence-corrected chi connectivity index (χ2v) is 7.78. The Morgan fingerprint density at radius 2 is 1.45 bits per heavy atom. The number of fused-ring (bicyclic) bond motifs is 1. The van der Waals surface area contributed by atoms with E-state index in [1.54, 1.807) is 30.0 Å². The van der Waals surface area contributed by atoms with Gasteiger partial charge in [0.1, 0.15) is 5.52 Å². The summed E-state index contributed by atoms with van der Waals surface area (Å²) in [7, 11) is 0. The zero-order valence-corrected chi connectivity index (χ0v) is 17.0. The van der Waals surface area contributed by atoms with Gasteiger partial charge in [-0.3, -0.25) is 9.59 Å². The number of aromatic nitrogens is 1. The van der Waals surface area contributed by atoms with Gasteiger partial charge in [0.15, 0.2) is 11.5 Å². The average molecular weight is 391 g/mol. The molecule has 0 atom stereocenters. The lowest BCUT2D eigenvalue weighted by atomic mass is 10.0. The third-order valence-corrected chi connectivity index (χ3v) is 5.42. The Kier molecular flexibility index (Phi) is 5.09. The van der Waals surface area contributed by atoms with E-state index in [1.165, 1.54) is 5.56 Å². The molecule has 6 nitrogen and oxygen atoms in total. The van der Waals surface area contributed by atoms with Crippen LogP contribution >= 0.6 is 0 Å². The fourth-order valence-corrected chi connectivity index (χ4v) is 3.66. The minimum atomic E-state index is -0.0408. The minimum absolute atomic E-state index is 0.0203. The van der Waals surface area contributed by atoms with E-state index in [2.05, 4.69) is 18.8 Å². The Morgan fingerprint density at radius 1 is 0.897 bits per heavy atom. The van der Waals surface area contributed by atoms with Gasteiger partial charge in [-0.2, -0.15) is 0 Å². The highest BCUT2D eigenvalue weighted by molar-refractivity contribution is 5.98. The summed E-state index contributed by atoms with van der Waals surface area (Å²) in [6.07, 6.45) is 0. The third-order valence-electron chi connectivity index (χ3n) is 5.42. The van der Waals surface area contributed by atoms with Crippen molar-refractivity contribution in [2.24, 2.45) is 0 Å². The predicted octanol–water partition coefficient (Wildman–Crippen LogP) is 3.86. The summed E-state index contributed by atoms with van der Waals surface area (Å²) in [6.45, 7) is 8.15. The number of aryl methyl sites for hydroxylation is 1. The summed E-state index contributed by atoms with van der Waals surface area (Å²) in [4.78, 5) is 33.5. The van der Waals surface area contributed by atoms with E-state index in [0.29, 0.717) is 60.2 Å². The Morgan fingerprint density at radius 3 is 2.03 bits per heavy atom. The van der Waals surface area contributed by atoms with Crippen LogP contribution in [0.2, 0.25) is 0 Å². The fourth-order valence-electron chi connectivity index (χ4n) is 3.66. The van der Waals surface area contributed by atoms with Gasteiger partial charge in [-0.05, 0) is 41.8 Å². The van der Waals surface area contributed by atoms with E-state index < -0.39 is 0 Å². The van der Waals surface area contributed by atoms with Gasteiger partial charge in [-0.15, -0.1) is 0 Å². The SMILES string of the molecule is Cc1nc2cc(C(=O)N3CCN(C(=O)c4ccc(C(C)C)cc4)CC3)ccc2o1. The number of rotatable bonds is 3. The molecule has 0 aliphatic carbocycles. The second kappa shape index (κ2) is 7.70. The highest BCUT2D eigenvalue weighted by atomic mass is 16.3. The summed E-state index contributed by atoms with van der Waals surface area (Å²) in [6, 6.07) is 13.1. The van der Waals surface area contributed by atoms with Crippen LogP contribution < -0.4 is 0 Å². The Hall–Kier alpha value is -3.15. The summed E-state index contributed by atoms with van der Waals surface area (Å²) in [5.74, 6) is 1.00. The van der Waals surface area contributed by atoms with E-state index in [0.717, 1.165) is 0 Å². The predicted molar refractivity (Wildman–Crippen MR) is 111 cm³/mol. The van der Waals surface area contributed by atoms with E-state index in [9.17, 15) is 9.59 Å². The van der Waals surface area contributed by atoms with Gasteiger partial charge < -0.3 is 14.2 Å². The number of oxazole rings is 1. The van der Waals surface area contributed by atoms with Crippen LogP contribution in [-0.4, -0.2) is 52.8 Å². The fraction of sp³-hybridized carbons (Fsp3) is 0.348. The lowest BCUT2D eigenvalue weighted by Crippen LogP contribution is -2.50. The molecule has 1 aliphatic heterocycles. The number of benzene rings is 2. The molecule has 2 heterocycles. The smallest absolute Gasteiger partial charge is 0.254 e. The first-order valence-corrected chi connectivity index (χ1v) is 9.98. The molecule has 0 radical (unpaired) electrons. The molecule has 1 saturated heterocycles. The standard InChI is InChI=1S/C23H25N3O3/c1-15(2)17-4-6-18(7-5-17)22(27)25-10-12-26(13-11-25)23(28)19-8-9-21-20(14-19)24-16(3)29-21/h4-9,14-15H,10-13H2,1-3H3. The number of carbonyl (C=O) groups is 2. The van der Waals surface area contributed by atoms with Gasteiger partial charge >= 0.3 is 0 Å². The molecule has 1 aliphatic rings. The third kappa shape index (κ3) is 3.88. The number of hydrogen-bond acceptors (Lipinski definition) is 4. The van der Waals surface area contributed by atoms with E-state index in [1.807, 2.05) is 29.2 Å². The maximum Gasteiger partial charge on any atom is 0.254 e. The van der Waals surface area contributed by atoms with Crippen LogP contribution in [0.15, 0.2) is 46.9 Å². The maximum atomic E-state index is 12.9. The summed E-state index contributed by atoms with van der Waals surface area (Å²) in [5.41, 5.74) is 3.87. The maximum absolute atomic E-state index is 12.9. The number of amides is 2. The van der Waals surface area contributed by atoms with Crippen molar-refractivity contribution in [3.63, 3.8) is 0 Å². The topological polar surface area (TPSA) is 66.7 Å². The van der Waals surface area contributed by atoms with Gasteiger partial charge in [0.05, 0.1) is 0 Å². The Bertz CT molecular complexity index is 1040. The molecule has 0 bridgehead atoms. The summed E-state index contributed by atoms with van der Waals surface area (Å²) in [5, 5.41) is 0. The van der Waals surface area contributed by atoms with Crippen LogP contribution in [0.5, 0.6) is 0 Å². The lowest BCUT2D eigenvalue weighted by molar-refractivity contribution is 0.0535. The monoisotopic (exact) mass is 391 g/mol. The van der Waals surface area contributed by atoms with Gasteiger partial charge in [0.25, 0.3) is 11.8 Å². The zero-order valence-electron chi connectivity index (χ0n) is 17.0.